The first-order valence-electron chi connectivity index (χ1n) is 44.8. The van der Waals surface area contributed by atoms with Crippen LogP contribution in [-0.4, -0.2) is 194 Å². The SMILES string of the molecule is C.CC(=O)c1ccc(C(=O)Cl)cc1.CC(=O)c1ccc(C(=O)O)cc1.CC(=O)c1ccc(C=O)cc1.CC(=O)c1ccc(C=O)nc1.CC(=O)c1cnc(C=O)cn1.CC(O)c1ccc(C(O)O)cc1.CCOC(=O)c1ccc(C(=O)OCC)cc1.CCOC(O)c1ccc(C(O)OCC)cc1.CCc1ccc(CN)cc1.COC(=O)c1ccc(C(=O)OC)cc1.COC(O)c1ccc(C(O)OC)cc1.Nc1ccc(N)cc1. The highest BCUT2D eigenvalue weighted by Gasteiger charge is 2.16. The van der Waals surface area contributed by atoms with Gasteiger partial charge in [0.1, 0.15) is 23.4 Å². The average Bonchev–Trinajstić information content (AvgIpc) is 0.873. The van der Waals surface area contributed by atoms with Crippen LogP contribution in [-0.2, 0) is 50.9 Å². The van der Waals surface area contributed by atoms with Crippen molar-refractivity contribution in [3.8, 4) is 0 Å². The fourth-order valence-corrected chi connectivity index (χ4v) is 10.8. The lowest BCUT2D eigenvalue weighted by atomic mass is 10.1. The zero-order valence-electron chi connectivity index (χ0n) is 83.9. The summed E-state index contributed by atoms with van der Waals surface area (Å²) in [5.74, 6) is -2.90. The lowest BCUT2D eigenvalue weighted by molar-refractivity contribution is -0.100. The number of methoxy groups -OCH3 is 4. The number of aromatic carboxylic acids is 1. The number of rotatable bonds is 30. The van der Waals surface area contributed by atoms with Crippen molar-refractivity contribution in [2.24, 2.45) is 5.73 Å². The van der Waals surface area contributed by atoms with Gasteiger partial charge < -0.3 is 95.9 Å². The number of ether oxygens (including phenoxy) is 8. The van der Waals surface area contributed by atoms with E-state index in [0.717, 1.165) is 29.6 Å². The Bertz CT molecular complexity index is 5490. The standard InChI is InChI=1S/C12H18O4.C12H14O4.C10H14O4.C10H10O4.C9H7ClO2.C9H13N.C9H12O3.C9H8O3.C9H8O2.C8H7NO2.C7H6N2O2.C6H8N2.CH4/c2*1-3-15-11(13)9-5-7-10(8-6-9)12(14)16-4-2;2*1-13-9(11)7-3-5-8(6-4-7)10(12)14-2;1-6(11)7-2-4-8(5-3-7)9(10)12;1-2-8-3-5-9(7-10)6-4-8;2*1-6(10)7-2-4-8(5-3-7)9(11)12;1-7(11)9-4-2-8(6-10)3-5-9;1-6(11)7-2-3-8(5-10)9-4-7;1-5(11)7-3-8-6(4-10)2-9-7;7-5-1-2-6(8)4-3-5;/h5-8,11-14H,3-4H2,1-2H3;5-8H,3-4H2,1-2H3;3-6,9-12H,1-2H3;3-6H,1-2H3;2-5H,1H3;3-6H,2,7,10H2,1H3;2-6,9-12H,1H3;2-5H,1H3,(H,11,12);2-6H,1H3;2-5H,1H3;2-4H,1H3;1-4H,7-8H2;1H4. The van der Waals surface area contributed by atoms with Crippen LogP contribution < -0.4 is 17.2 Å². The molecular formula is C111H129ClN6O30. The molecule has 14 N–H and O–H groups in total. The number of carbonyl (C=O) groups excluding carboxylic acids is 13. The summed E-state index contributed by atoms with van der Waals surface area (Å²) in [6.45, 7) is 20.4. The molecule has 12 aromatic rings. The Balaban J connectivity index is 0.00000160. The molecule has 0 saturated heterocycles. The molecule has 0 saturated carbocycles. The lowest BCUT2D eigenvalue weighted by Gasteiger charge is -2.13. The van der Waals surface area contributed by atoms with Crippen LogP contribution in [0, 0.1) is 0 Å². The van der Waals surface area contributed by atoms with E-state index >= 15 is 0 Å². The van der Waals surface area contributed by atoms with E-state index in [0.29, 0.717) is 135 Å². The number of carboxylic acids is 1. The third-order valence-electron chi connectivity index (χ3n) is 19.0. The van der Waals surface area contributed by atoms with Gasteiger partial charge in [0.2, 0.25) is 0 Å². The van der Waals surface area contributed by atoms with Gasteiger partial charge in [-0.25, -0.2) is 33.9 Å². The van der Waals surface area contributed by atoms with Gasteiger partial charge in [0, 0.05) is 120 Å². The van der Waals surface area contributed by atoms with E-state index in [9.17, 15) is 87.5 Å². The highest BCUT2D eigenvalue weighted by molar-refractivity contribution is 6.67. The van der Waals surface area contributed by atoms with Crippen molar-refractivity contribution in [3.63, 3.8) is 0 Å². The Morgan fingerprint density at radius 2 is 0.649 bits per heavy atom. The summed E-state index contributed by atoms with van der Waals surface area (Å²) in [5.41, 5.74) is 30.0. The van der Waals surface area contributed by atoms with Crippen molar-refractivity contribution in [1.29, 1.82) is 0 Å². The normalized spacial score (nSPS) is 10.8. The van der Waals surface area contributed by atoms with Crippen molar-refractivity contribution in [3.05, 3.63) is 396 Å². The summed E-state index contributed by atoms with van der Waals surface area (Å²) in [4.78, 5) is 161. The monoisotopic (exact) mass is 2060 g/mol. The summed E-state index contributed by atoms with van der Waals surface area (Å²) < 4.78 is 38.2. The molecule has 0 aliphatic heterocycles. The van der Waals surface area contributed by atoms with Crippen LogP contribution in [0.5, 0.6) is 0 Å². The molecule has 2 heterocycles. The van der Waals surface area contributed by atoms with E-state index < -0.39 is 72.6 Å². The number of esters is 4. The third-order valence-corrected chi connectivity index (χ3v) is 19.3. The maximum atomic E-state index is 11.3. The van der Waals surface area contributed by atoms with Gasteiger partial charge in [0.25, 0.3) is 5.24 Å². The molecular weight excluding hydrogens is 1930 g/mol. The fourth-order valence-electron chi connectivity index (χ4n) is 10.7. The van der Waals surface area contributed by atoms with Gasteiger partial charge in [0.15, 0.2) is 72.9 Å². The number of nitrogen functional groups attached to an aromatic ring is 2. The minimum absolute atomic E-state index is 0. The van der Waals surface area contributed by atoms with E-state index in [1.165, 1.54) is 160 Å². The van der Waals surface area contributed by atoms with Crippen LogP contribution in [0.25, 0.3) is 0 Å². The molecule has 790 valence electrons. The summed E-state index contributed by atoms with van der Waals surface area (Å²) in [6, 6.07) is 69.5. The highest BCUT2D eigenvalue weighted by atomic mass is 35.5. The number of pyridine rings is 1. The topological polar surface area (TPSA) is 591 Å². The number of aryl methyl sites for hydroxylation is 1. The van der Waals surface area contributed by atoms with Gasteiger partial charge in [0.05, 0.1) is 73.7 Å². The largest absolute Gasteiger partial charge is 0.478 e. The average molecular weight is 2060 g/mol. The van der Waals surface area contributed by atoms with Gasteiger partial charge in [-0.3, -0.25) is 48.1 Å². The predicted octanol–water partition coefficient (Wildman–Crippen LogP) is 17.1. The third kappa shape index (κ3) is 53.2. The predicted molar refractivity (Wildman–Crippen MR) is 556 cm³/mol. The van der Waals surface area contributed by atoms with E-state index in [-0.39, 0.29) is 53.3 Å². The number of aromatic nitrogens is 3. The minimum Gasteiger partial charge on any atom is -0.478 e. The van der Waals surface area contributed by atoms with E-state index in [4.69, 9.17) is 77.6 Å². The molecule has 148 heavy (non-hydrogen) atoms. The first-order valence-corrected chi connectivity index (χ1v) is 45.2. The van der Waals surface area contributed by atoms with Crippen molar-refractivity contribution >= 4 is 106 Å². The molecule has 37 heteroatoms. The Morgan fingerprint density at radius 1 is 0.338 bits per heavy atom. The smallest absolute Gasteiger partial charge is 0.338 e. The Kier molecular flexibility index (Phi) is 67.0. The number of aliphatic hydroxyl groups is 7. The quantitative estimate of drug-likeness (QED) is 0.00379. The van der Waals surface area contributed by atoms with Gasteiger partial charge in [-0.1, -0.05) is 160 Å². The van der Waals surface area contributed by atoms with Gasteiger partial charge in [-0.05, 0) is 206 Å². The molecule has 2 aromatic heterocycles. The highest BCUT2D eigenvalue weighted by Crippen LogP contribution is 2.23. The van der Waals surface area contributed by atoms with Crippen LogP contribution in [0.4, 0.5) is 11.4 Å². The summed E-state index contributed by atoms with van der Waals surface area (Å²) >= 11 is 5.21. The number of halogens is 1. The number of anilines is 2. The molecule has 5 unspecified atom stereocenters. The molecule has 0 amide bonds. The zero-order valence-corrected chi connectivity index (χ0v) is 84.7. The molecule has 5 atom stereocenters. The Hall–Kier alpha value is -15.8. The maximum Gasteiger partial charge on any atom is 0.338 e. The number of Topliss-reactive ketones (excluding diaryl/α,β-unsaturated/α-hetero) is 5. The number of carboxylic acid groups (broad SMARTS) is 1. The molecule has 12 rings (SSSR count). The zero-order chi connectivity index (χ0) is 111. The molecule has 0 bridgehead atoms. The second-order valence-electron chi connectivity index (χ2n) is 29.7. The number of ketones is 5. The first kappa shape index (κ1) is 132. The molecule has 0 fully saturated rings. The van der Waals surface area contributed by atoms with Crippen LogP contribution in [0.1, 0.15) is 311 Å². The number of aldehydes is 3. The Morgan fingerprint density at radius 3 is 0.912 bits per heavy atom. The number of carbonyl (C=O) groups is 14. The first-order chi connectivity index (χ1) is 69.9. The van der Waals surface area contributed by atoms with E-state index in [1.54, 1.807) is 185 Å². The molecule has 0 spiro atoms. The summed E-state index contributed by atoms with van der Waals surface area (Å²) in [6.07, 6.45) is 1.39. The minimum atomic E-state index is -1.44. The Labute approximate surface area is 864 Å². The van der Waals surface area contributed by atoms with Crippen molar-refractivity contribution in [1.82, 2.24) is 15.0 Å². The number of hydrogen-bond donors (Lipinski definition) is 11. The van der Waals surface area contributed by atoms with Crippen LogP contribution >= 0.6 is 11.6 Å². The second-order valence-corrected chi connectivity index (χ2v) is 30.1. The van der Waals surface area contributed by atoms with E-state index in [2.05, 4.69) is 55.6 Å². The summed E-state index contributed by atoms with van der Waals surface area (Å²) in [7, 11) is 5.44. The molecule has 0 radical (unpaired) electrons. The van der Waals surface area contributed by atoms with Crippen LogP contribution in [0.15, 0.2) is 273 Å². The lowest BCUT2D eigenvalue weighted by Crippen LogP contribution is -2.07. The van der Waals surface area contributed by atoms with Crippen LogP contribution in [0.3, 0.4) is 0 Å². The van der Waals surface area contributed by atoms with E-state index in [1.807, 2.05) is 13.8 Å². The van der Waals surface area contributed by atoms with Gasteiger partial charge in [-0.15, -0.1) is 0 Å². The maximum absolute atomic E-state index is 11.3. The summed E-state index contributed by atoms with van der Waals surface area (Å²) in [5, 5.41) is 72.3. The van der Waals surface area contributed by atoms with Crippen molar-refractivity contribution < 1.29 is 146 Å². The number of nitrogens with two attached hydrogens (primary N) is 3. The van der Waals surface area contributed by atoms with Gasteiger partial charge in [-0.2, -0.15) is 0 Å². The van der Waals surface area contributed by atoms with Gasteiger partial charge >= 0.3 is 29.8 Å². The number of benzene rings is 10. The second kappa shape index (κ2) is 75.0. The van der Waals surface area contributed by atoms with Crippen LogP contribution in [0.2, 0.25) is 0 Å². The number of hydrogen-bond acceptors (Lipinski definition) is 35. The van der Waals surface area contributed by atoms with Crippen molar-refractivity contribution in [2.75, 3.05) is 66.3 Å². The number of nitrogens with zero attached hydrogens (tertiary/aromatic N) is 3. The molecule has 0 aliphatic carbocycles. The number of aliphatic hydroxyl groups excluding tert-OH is 6. The fraction of sp³-hybridized carbons (Fsp3) is 0.252. The van der Waals surface area contributed by atoms with Crippen molar-refractivity contribution in [2.45, 2.75) is 134 Å². The molecule has 36 nitrogen and oxygen atoms in total. The molecule has 0 aliphatic rings. The molecule has 10 aromatic carbocycles.